The van der Waals surface area contributed by atoms with Crippen LogP contribution in [0.4, 0.5) is 10.2 Å². The summed E-state index contributed by atoms with van der Waals surface area (Å²) in [6, 6.07) is 1.37. The van der Waals surface area contributed by atoms with Crippen LogP contribution in [0, 0.1) is 0 Å². The van der Waals surface area contributed by atoms with E-state index >= 15 is 0 Å². The lowest BCUT2D eigenvalue weighted by molar-refractivity contribution is -0.0931. The van der Waals surface area contributed by atoms with Crippen molar-refractivity contribution in [3.63, 3.8) is 0 Å². The Morgan fingerprint density at radius 1 is 1.78 bits per heavy atom. The van der Waals surface area contributed by atoms with Crippen LogP contribution < -0.4 is 11.4 Å². The molecule has 6 nitrogen and oxygen atoms in total. The average Bonchev–Trinajstić information content (AvgIpc) is 2.67. The summed E-state index contributed by atoms with van der Waals surface area (Å²) in [6.07, 6.45) is -1.35. The van der Waals surface area contributed by atoms with E-state index in [-0.39, 0.29) is 18.1 Å². The molecule has 0 radical (unpaired) electrons. The Kier molecular flexibility index (Phi) is 3.56. The van der Waals surface area contributed by atoms with Crippen LogP contribution in [0.15, 0.2) is 17.1 Å². The molecule has 100 valence electrons. The van der Waals surface area contributed by atoms with Gasteiger partial charge in [0.1, 0.15) is 17.6 Å². The first kappa shape index (κ1) is 13.3. The van der Waals surface area contributed by atoms with Crippen LogP contribution in [0.1, 0.15) is 12.6 Å². The normalized spacial score (nSPS) is 31.7. The Hall–Kier alpha value is -1.18. The molecule has 1 saturated heterocycles. The number of halogens is 2. The smallest absolute Gasteiger partial charge is 0.351 e. The largest absolute Gasteiger partial charge is 0.393 e. The van der Waals surface area contributed by atoms with E-state index in [0.29, 0.717) is 0 Å². The van der Waals surface area contributed by atoms with E-state index in [1.54, 1.807) is 0 Å². The van der Waals surface area contributed by atoms with Crippen LogP contribution in [-0.4, -0.2) is 38.9 Å². The lowest BCUT2D eigenvalue weighted by Crippen LogP contribution is -2.36. The molecule has 3 atom stereocenters. The highest BCUT2D eigenvalue weighted by atomic mass is 35.5. The predicted octanol–water partition coefficient (Wildman–Crippen LogP) is 0.0524. The standard InChI is InChI=1S/C10H13ClFN3O3/c11-4-10(5-16)3-6(12)8(18-10)15-2-1-7(13)14-9(15)17/h1-2,6,8,16H,3-5H2,(H2,13,14,17)/t6-,8+,10+/m0/s1. The van der Waals surface area contributed by atoms with Gasteiger partial charge in [-0.25, -0.2) is 9.18 Å². The van der Waals surface area contributed by atoms with Crippen molar-refractivity contribution < 1.29 is 14.2 Å². The van der Waals surface area contributed by atoms with Crippen LogP contribution in [0.25, 0.3) is 0 Å². The van der Waals surface area contributed by atoms with Gasteiger partial charge in [-0.2, -0.15) is 4.98 Å². The van der Waals surface area contributed by atoms with Crippen molar-refractivity contribution in [3.8, 4) is 0 Å². The summed E-state index contributed by atoms with van der Waals surface area (Å²) in [5, 5.41) is 9.21. The maximum Gasteiger partial charge on any atom is 0.351 e. The number of nitrogens with zero attached hydrogens (tertiary/aromatic N) is 2. The Morgan fingerprint density at radius 3 is 3.00 bits per heavy atom. The number of ether oxygens (including phenoxy) is 1. The molecule has 1 aromatic heterocycles. The summed E-state index contributed by atoms with van der Waals surface area (Å²) in [5.74, 6) is -0.00665. The molecule has 18 heavy (non-hydrogen) atoms. The molecule has 1 aliphatic rings. The number of aromatic nitrogens is 2. The van der Waals surface area contributed by atoms with Crippen LogP contribution in [0.3, 0.4) is 0 Å². The summed E-state index contributed by atoms with van der Waals surface area (Å²) in [5.41, 5.74) is 3.48. The van der Waals surface area contributed by atoms with Gasteiger partial charge < -0.3 is 15.6 Å². The summed E-state index contributed by atoms with van der Waals surface area (Å²) in [4.78, 5) is 15.1. The van der Waals surface area contributed by atoms with Gasteiger partial charge in [-0.05, 0) is 6.07 Å². The molecule has 0 saturated carbocycles. The van der Waals surface area contributed by atoms with Crippen molar-refractivity contribution in [1.82, 2.24) is 9.55 Å². The minimum atomic E-state index is -1.45. The predicted molar refractivity (Wildman–Crippen MR) is 63.1 cm³/mol. The van der Waals surface area contributed by atoms with Crippen LogP contribution in [0.2, 0.25) is 0 Å². The second-order valence-corrected chi connectivity index (χ2v) is 4.51. The number of hydrogen-bond acceptors (Lipinski definition) is 5. The molecule has 2 rings (SSSR count). The number of alkyl halides is 2. The fraction of sp³-hybridized carbons (Fsp3) is 0.600. The molecule has 1 aromatic rings. The molecule has 0 unspecified atom stereocenters. The van der Waals surface area contributed by atoms with Crippen LogP contribution >= 0.6 is 11.6 Å². The molecule has 0 bridgehead atoms. The van der Waals surface area contributed by atoms with E-state index in [4.69, 9.17) is 22.1 Å². The minimum absolute atomic E-state index is 0.0513. The number of nitrogen functional groups attached to an aromatic ring is 1. The third-order valence-electron chi connectivity index (χ3n) is 2.90. The van der Waals surface area contributed by atoms with E-state index < -0.39 is 30.3 Å². The van der Waals surface area contributed by atoms with E-state index in [1.165, 1.54) is 12.3 Å². The molecule has 8 heteroatoms. The van der Waals surface area contributed by atoms with E-state index in [0.717, 1.165) is 4.57 Å². The Labute approximate surface area is 107 Å². The Bertz CT molecular complexity index is 492. The summed E-state index contributed by atoms with van der Waals surface area (Å²) < 4.78 is 20.3. The first-order valence-corrected chi connectivity index (χ1v) is 5.88. The van der Waals surface area contributed by atoms with Gasteiger partial charge >= 0.3 is 5.69 Å². The van der Waals surface area contributed by atoms with Crippen molar-refractivity contribution in [1.29, 1.82) is 0 Å². The monoisotopic (exact) mass is 277 g/mol. The first-order valence-electron chi connectivity index (χ1n) is 5.35. The molecule has 1 aliphatic heterocycles. The van der Waals surface area contributed by atoms with Crippen molar-refractivity contribution in [2.45, 2.75) is 24.4 Å². The lowest BCUT2D eigenvalue weighted by Gasteiger charge is -2.24. The SMILES string of the molecule is Nc1ccn([C@@H]2O[C@@](CO)(CCl)C[C@@H]2F)c(=O)n1. The lowest BCUT2D eigenvalue weighted by atomic mass is 10.0. The highest BCUT2D eigenvalue weighted by molar-refractivity contribution is 6.18. The van der Waals surface area contributed by atoms with Crippen molar-refractivity contribution in [2.24, 2.45) is 0 Å². The molecule has 1 fully saturated rings. The van der Waals surface area contributed by atoms with E-state index in [1.807, 2.05) is 0 Å². The van der Waals surface area contributed by atoms with Gasteiger partial charge in [-0.15, -0.1) is 11.6 Å². The zero-order valence-electron chi connectivity index (χ0n) is 9.42. The van der Waals surface area contributed by atoms with Gasteiger partial charge in [0, 0.05) is 12.6 Å². The Balaban J connectivity index is 2.32. The molecule has 2 heterocycles. The summed E-state index contributed by atoms with van der Waals surface area (Å²) >= 11 is 5.67. The van der Waals surface area contributed by atoms with Gasteiger partial charge in [-0.3, -0.25) is 4.57 Å². The van der Waals surface area contributed by atoms with Crippen molar-refractivity contribution in [2.75, 3.05) is 18.2 Å². The topological polar surface area (TPSA) is 90.4 Å². The summed E-state index contributed by atoms with van der Waals surface area (Å²) in [7, 11) is 0. The fourth-order valence-electron chi connectivity index (χ4n) is 1.92. The number of anilines is 1. The van der Waals surface area contributed by atoms with E-state index in [2.05, 4.69) is 4.98 Å². The van der Waals surface area contributed by atoms with Crippen LogP contribution in [-0.2, 0) is 4.74 Å². The molecule has 0 amide bonds. The van der Waals surface area contributed by atoms with Gasteiger partial charge in [0.05, 0.1) is 12.5 Å². The first-order chi connectivity index (χ1) is 8.51. The number of nitrogens with two attached hydrogens (primary N) is 1. The Morgan fingerprint density at radius 2 is 2.50 bits per heavy atom. The maximum absolute atomic E-state index is 13.9. The second-order valence-electron chi connectivity index (χ2n) is 4.25. The fourth-order valence-corrected chi connectivity index (χ4v) is 2.17. The van der Waals surface area contributed by atoms with E-state index in [9.17, 15) is 14.3 Å². The maximum atomic E-state index is 13.9. The number of hydrogen-bond donors (Lipinski definition) is 2. The molecular weight excluding hydrogens is 265 g/mol. The van der Waals surface area contributed by atoms with Crippen LogP contribution in [0.5, 0.6) is 0 Å². The highest BCUT2D eigenvalue weighted by Crippen LogP contribution is 2.38. The van der Waals surface area contributed by atoms with Crippen molar-refractivity contribution >= 4 is 17.4 Å². The molecule has 3 N–H and O–H groups in total. The van der Waals surface area contributed by atoms with Gasteiger partial charge in [0.25, 0.3) is 0 Å². The zero-order chi connectivity index (χ0) is 13.3. The van der Waals surface area contributed by atoms with Crippen molar-refractivity contribution in [3.05, 3.63) is 22.7 Å². The second kappa shape index (κ2) is 4.83. The third kappa shape index (κ3) is 2.21. The molecular formula is C10H13ClFN3O3. The number of rotatable bonds is 3. The zero-order valence-corrected chi connectivity index (χ0v) is 10.2. The van der Waals surface area contributed by atoms with Gasteiger partial charge in [0.2, 0.25) is 0 Å². The number of aliphatic hydroxyl groups excluding tert-OH is 1. The van der Waals surface area contributed by atoms with Gasteiger partial charge in [-0.1, -0.05) is 0 Å². The minimum Gasteiger partial charge on any atom is -0.393 e. The molecule has 0 aliphatic carbocycles. The summed E-state index contributed by atoms with van der Waals surface area (Å²) in [6.45, 7) is -0.412. The molecule has 0 aromatic carbocycles. The quantitative estimate of drug-likeness (QED) is 0.762. The average molecular weight is 278 g/mol. The molecule has 0 spiro atoms. The van der Waals surface area contributed by atoms with Gasteiger partial charge in [0.15, 0.2) is 6.23 Å². The highest BCUT2D eigenvalue weighted by Gasteiger charge is 2.47. The number of aliphatic hydroxyl groups is 1. The third-order valence-corrected chi connectivity index (χ3v) is 3.39.